The number of anilines is 1. The van der Waals surface area contributed by atoms with Crippen molar-refractivity contribution >= 4 is 17.6 Å². The summed E-state index contributed by atoms with van der Waals surface area (Å²) in [5.41, 5.74) is 3.83. The third-order valence-corrected chi connectivity index (χ3v) is 5.66. The maximum atomic E-state index is 12.9. The molecule has 0 saturated carbocycles. The van der Waals surface area contributed by atoms with Crippen LogP contribution in [0.15, 0.2) is 47.6 Å². The summed E-state index contributed by atoms with van der Waals surface area (Å²) in [7, 11) is 1.85. The number of para-hydroxylation sites is 1. The summed E-state index contributed by atoms with van der Waals surface area (Å²) >= 11 is 0. The molecule has 0 radical (unpaired) electrons. The van der Waals surface area contributed by atoms with Gasteiger partial charge in [0.15, 0.2) is 0 Å². The number of carbonyl (C=O) groups is 2. The van der Waals surface area contributed by atoms with E-state index in [1.807, 2.05) is 44.0 Å². The Hall–Kier alpha value is -2.56. The normalized spacial score (nSPS) is 23.8. The van der Waals surface area contributed by atoms with Gasteiger partial charge in [0.05, 0.1) is 5.41 Å². The van der Waals surface area contributed by atoms with Crippen molar-refractivity contribution in [3.8, 4) is 0 Å². The van der Waals surface area contributed by atoms with Crippen LogP contribution < -0.4 is 4.90 Å². The van der Waals surface area contributed by atoms with Gasteiger partial charge < -0.3 is 14.5 Å². The van der Waals surface area contributed by atoms with Gasteiger partial charge in [0.25, 0.3) is 0 Å². The predicted molar refractivity (Wildman–Crippen MR) is 111 cm³/mol. The zero-order chi connectivity index (χ0) is 20.6. The van der Waals surface area contributed by atoms with Crippen LogP contribution in [-0.2, 0) is 19.7 Å². The Kier molecular flexibility index (Phi) is 5.37. The van der Waals surface area contributed by atoms with Gasteiger partial charge in [0.1, 0.15) is 12.3 Å². The first-order valence-electron chi connectivity index (χ1n) is 9.76. The first-order chi connectivity index (χ1) is 13.2. The largest absolute Gasteiger partial charge is 0.457 e. The van der Waals surface area contributed by atoms with Crippen LogP contribution in [0.4, 0.5) is 5.69 Å². The Morgan fingerprint density at radius 1 is 1.21 bits per heavy atom. The zero-order valence-corrected chi connectivity index (χ0v) is 17.7. The lowest BCUT2D eigenvalue weighted by atomic mass is 9.73. The number of nitrogens with zero attached hydrogens (tertiary/aromatic N) is 2. The number of amides is 1. The Bertz CT molecular complexity index is 849. The molecule has 1 unspecified atom stereocenters. The van der Waals surface area contributed by atoms with Crippen LogP contribution in [0.1, 0.15) is 46.6 Å². The maximum Gasteiger partial charge on any atom is 0.303 e. The summed E-state index contributed by atoms with van der Waals surface area (Å²) in [5.74, 6) is -0.265. The number of allylic oxidation sites excluding steroid dienone is 2. The molecule has 1 aromatic rings. The quantitative estimate of drug-likeness (QED) is 0.574. The van der Waals surface area contributed by atoms with Crippen LogP contribution in [-0.4, -0.2) is 42.6 Å². The van der Waals surface area contributed by atoms with Gasteiger partial charge in [-0.15, -0.1) is 0 Å². The first-order valence-corrected chi connectivity index (χ1v) is 9.76. The lowest BCUT2D eigenvalue weighted by Crippen LogP contribution is -2.54. The minimum atomic E-state index is -0.624. The SMILES string of the molecule is CC(=O)OC(C=C(C)C)[C@@]12CC(=O)N(C)[C@@H]1N(CC=C(C)C)c1ccccc12. The number of likely N-dealkylation sites (N-methyl/N-ethyl adjacent to an activating group) is 1. The molecule has 2 aliphatic rings. The summed E-state index contributed by atoms with van der Waals surface area (Å²) in [6.07, 6.45) is 3.77. The van der Waals surface area contributed by atoms with Crippen molar-refractivity contribution in [3.63, 3.8) is 0 Å². The lowest BCUT2D eigenvalue weighted by molar-refractivity contribution is -0.147. The van der Waals surface area contributed by atoms with E-state index in [0.29, 0.717) is 13.0 Å². The Balaban J connectivity index is 2.23. The van der Waals surface area contributed by atoms with Crippen LogP contribution in [0.5, 0.6) is 0 Å². The van der Waals surface area contributed by atoms with Crippen molar-refractivity contribution < 1.29 is 14.3 Å². The molecule has 1 amide bonds. The van der Waals surface area contributed by atoms with Gasteiger partial charge in [-0.1, -0.05) is 35.4 Å². The third-order valence-electron chi connectivity index (χ3n) is 5.66. The van der Waals surface area contributed by atoms with Gasteiger partial charge in [0.2, 0.25) is 5.91 Å². The third kappa shape index (κ3) is 3.23. The highest BCUT2D eigenvalue weighted by atomic mass is 16.5. The van der Waals surface area contributed by atoms with E-state index in [4.69, 9.17) is 4.74 Å². The number of hydrogen-bond acceptors (Lipinski definition) is 4. The highest BCUT2D eigenvalue weighted by Crippen LogP contribution is 2.55. The number of fused-ring (bicyclic) bond motifs is 3. The first kappa shape index (κ1) is 20.2. The van der Waals surface area contributed by atoms with Crippen molar-refractivity contribution in [2.24, 2.45) is 0 Å². The molecule has 3 atom stereocenters. The second-order valence-corrected chi connectivity index (χ2v) is 8.32. The average molecular weight is 383 g/mol. The lowest BCUT2D eigenvalue weighted by Gasteiger charge is -2.39. The Morgan fingerprint density at radius 3 is 2.50 bits per heavy atom. The standard InChI is InChI=1S/C23H30N2O3/c1-15(2)11-12-25-19-10-8-7-9-18(19)23(14-21(27)24(6)22(23)25)20(13-16(3)4)28-17(5)26/h7-11,13,20,22H,12,14H2,1-6H3/t20?,22-,23+/m1/s1. The summed E-state index contributed by atoms with van der Waals surface area (Å²) < 4.78 is 5.84. The fraction of sp³-hybridized carbons (Fsp3) is 0.478. The molecule has 0 spiro atoms. The molecule has 5 nitrogen and oxygen atoms in total. The number of likely N-dealkylation sites (tertiary alicyclic amines) is 1. The number of rotatable bonds is 5. The maximum absolute atomic E-state index is 12.9. The number of carbonyl (C=O) groups excluding carboxylic acids is 2. The van der Waals surface area contributed by atoms with E-state index in [9.17, 15) is 9.59 Å². The number of benzene rings is 1. The summed E-state index contributed by atoms with van der Waals surface area (Å²) in [6.45, 7) is 10.3. The van der Waals surface area contributed by atoms with Crippen LogP contribution in [0.2, 0.25) is 0 Å². The van der Waals surface area contributed by atoms with E-state index in [0.717, 1.165) is 16.8 Å². The molecule has 150 valence electrons. The molecule has 0 N–H and O–H groups in total. The summed E-state index contributed by atoms with van der Waals surface area (Å²) in [4.78, 5) is 28.9. The van der Waals surface area contributed by atoms with Crippen molar-refractivity contribution in [3.05, 3.63) is 53.1 Å². The monoisotopic (exact) mass is 382 g/mol. The predicted octanol–water partition coefficient (Wildman–Crippen LogP) is 3.80. The van der Waals surface area contributed by atoms with Crippen LogP contribution in [0.25, 0.3) is 0 Å². The van der Waals surface area contributed by atoms with Gasteiger partial charge >= 0.3 is 5.97 Å². The van der Waals surface area contributed by atoms with Gasteiger partial charge in [0, 0.05) is 32.6 Å². The fourth-order valence-electron chi connectivity index (χ4n) is 4.57. The second-order valence-electron chi connectivity index (χ2n) is 8.32. The Labute approximate surface area is 167 Å². The highest BCUT2D eigenvalue weighted by molar-refractivity contribution is 5.86. The van der Waals surface area contributed by atoms with Crippen molar-refractivity contribution in [2.75, 3.05) is 18.5 Å². The summed E-state index contributed by atoms with van der Waals surface area (Å²) in [5, 5.41) is 0. The molecule has 3 rings (SSSR count). The van der Waals surface area contributed by atoms with Crippen molar-refractivity contribution in [1.29, 1.82) is 0 Å². The number of esters is 1. The van der Waals surface area contributed by atoms with Gasteiger partial charge in [-0.05, 0) is 45.4 Å². The van der Waals surface area contributed by atoms with E-state index in [1.165, 1.54) is 12.5 Å². The van der Waals surface area contributed by atoms with Crippen LogP contribution in [0.3, 0.4) is 0 Å². The minimum absolute atomic E-state index is 0.0704. The molecular weight excluding hydrogens is 352 g/mol. The second kappa shape index (κ2) is 7.46. The van der Waals surface area contributed by atoms with E-state index in [2.05, 4.69) is 37.0 Å². The number of hydrogen-bond donors (Lipinski definition) is 0. The van der Waals surface area contributed by atoms with E-state index in [-0.39, 0.29) is 18.0 Å². The summed E-state index contributed by atoms with van der Waals surface area (Å²) in [6, 6.07) is 8.19. The van der Waals surface area contributed by atoms with Crippen molar-refractivity contribution in [1.82, 2.24) is 4.90 Å². The molecule has 1 fully saturated rings. The number of ether oxygens (including phenoxy) is 1. The fourth-order valence-corrected chi connectivity index (χ4v) is 4.57. The molecule has 2 heterocycles. The van der Waals surface area contributed by atoms with Crippen LogP contribution in [0, 0.1) is 0 Å². The molecule has 1 saturated heterocycles. The Morgan fingerprint density at radius 2 is 1.89 bits per heavy atom. The average Bonchev–Trinajstić information content (AvgIpc) is 3.03. The molecular formula is C23H30N2O3. The topological polar surface area (TPSA) is 49.9 Å². The molecule has 28 heavy (non-hydrogen) atoms. The smallest absolute Gasteiger partial charge is 0.303 e. The molecule has 0 aromatic heterocycles. The van der Waals surface area contributed by atoms with E-state index >= 15 is 0 Å². The van der Waals surface area contributed by atoms with Gasteiger partial charge in [-0.3, -0.25) is 9.59 Å². The highest BCUT2D eigenvalue weighted by Gasteiger charge is 2.63. The molecule has 2 aliphatic heterocycles. The molecule has 5 heteroatoms. The zero-order valence-electron chi connectivity index (χ0n) is 17.7. The molecule has 1 aromatic carbocycles. The molecule has 0 bridgehead atoms. The molecule has 0 aliphatic carbocycles. The minimum Gasteiger partial charge on any atom is -0.457 e. The van der Waals surface area contributed by atoms with Crippen molar-refractivity contribution in [2.45, 2.75) is 58.7 Å². The van der Waals surface area contributed by atoms with Crippen LogP contribution >= 0.6 is 0 Å². The van der Waals surface area contributed by atoms with Gasteiger partial charge in [-0.25, -0.2) is 0 Å². The van der Waals surface area contributed by atoms with E-state index in [1.54, 1.807) is 0 Å². The van der Waals surface area contributed by atoms with E-state index < -0.39 is 11.5 Å². The van der Waals surface area contributed by atoms with Gasteiger partial charge in [-0.2, -0.15) is 0 Å².